The number of aliphatic imine (C=N–C) groups is 1. The molecule has 33 heavy (non-hydrogen) atoms. The highest BCUT2D eigenvalue weighted by molar-refractivity contribution is 5.96. The van der Waals surface area contributed by atoms with Crippen LogP contribution in [-0.4, -0.2) is 12.3 Å². The van der Waals surface area contributed by atoms with Gasteiger partial charge in [-0.15, -0.1) is 0 Å². The van der Waals surface area contributed by atoms with Crippen LogP contribution in [0.4, 0.5) is 0 Å². The standard InChI is InChI=1S/C32H63N/c1-3-5-7-9-11-13-15-17-19-21-23-25-27-31(29-32-30-33-32)28-26-24-22-20-18-16-14-12-10-8-6-4-2/h31H,3-30H2,1-2H3. The third-order valence-electron chi connectivity index (χ3n) is 7.84. The summed E-state index contributed by atoms with van der Waals surface area (Å²) < 4.78 is 0. The van der Waals surface area contributed by atoms with E-state index in [0.717, 1.165) is 12.5 Å². The summed E-state index contributed by atoms with van der Waals surface area (Å²) >= 11 is 0. The SMILES string of the molecule is CCCCCCCCCCCCCCC(CCCCCCCCCCCCCC)CC1=NC1. The molecule has 0 unspecified atom stereocenters. The highest BCUT2D eigenvalue weighted by Gasteiger charge is 2.17. The van der Waals surface area contributed by atoms with E-state index in [4.69, 9.17) is 0 Å². The average Bonchev–Trinajstić information content (AvgIpc) is 3.64. The first-order valence-electron chi connectivity index (χ1n) is 15.9. The molecule has 1 nitrogen and oxygen atoms in total. The second-order valence-corrected chi connectivity index (χ2v) is 11.3. The zero-order chi connectivity index (χ0) is 23.7. The van der Waals surface area contributed by atoms with Crippen molar-refractivity contribution in [1.82, 2.24) is 0 Å². The minimum Gasteiger partial charge on any atom is -0.286 e. The Hall–Kier alpha value is -0.330. The first-order valence-corrected chi connectivity index (χ1v) is 15.9. The molecule has 0 N–H and O–H groups in total. The maximum atomic E-state index is 4.48. The molecule has 0 bridgehead atoms. The molecule has 0 amide bonds. The van der Waals surface area contributed by atoms with Crippen molar-refractivity contribution in [1.29, 1.82) is 0 Å². The fourth-order valence-electron chi connectivity index (χ4n) is 5.41. The predicted octanol–water partition coefficient (Wildman–Crippen LogP) is 11.6. The largest absolute Gasteiger partial charge is 0.286 e. The summed E-state index contributed by atoms with van der Waals surface area (Å²) in [6, 6.07) is 0. The van der Waals surface area contributed by atoms with E-state index < -0.39 is 0 Å². The van der Waals surface area contributed by atoms with Crippen LogP contribution in [0, 0.1) is 5.92 Å². The molecule has 0 saturated heterocycles. The van der Waals surface area contributed by atoms with E-state index >= 15 is 0 Å². The Morgan fingerprint density at radius 1 is 0.455 bits per heavy atom. The zero-order valence-corrected chi connectivity index (χ0v) is 23.3. The second-order valence-electron chi connectivity index (χ2n) is 11.3. The molecular weight excluding hydrogens is 398 g/mol. The lowest BCUT2D eigenvalue weighted by atomic mass is 9.90. The molecule has 0 aromatic carbocycles. The Bertz CT molecular complexity index is 385. The first-order chi connectivity index (χ1) is 16.4. The molecule has 0 aromatic rings. The lowest BCUT2D eigenvalue weighted by molar-refractivity contribution is 0.413. The van der Waals surface area contributed by atoms with Crippen LogP contribution in [0.1, 0.15) is 187 Å². The van der Waals surface area contributed by atoms with E-state index in [0.29, 0.717) is 0 Å². The third kappa shape index (κ3) is 23.2. The molecule has 0 atom stereocenters. The summed E-state index contributed by atoms with van der Waals surface area (Å²) in [5.41, 5.74) is 1.53. The van der Waals surface area contributed by atoms with Crippen molar-refractivity contribution in [3.63, 3.8) is 0 Å². The average molecular weight is 462 g/mol. The van der Waals surface area contributed by atoms with Crippen molar-refractivity contribution in [3.8, 4) is 0 Å². The highest BCUT2D eigenvalue weighted by atomic mass is 14.9. The van der Waals surface area contributed by atoms with E-state index in [-0.39, 0.29) is 0 Å². The highest BCUT2D eigenvalue weighted by Crippen LogP contribution is 2.25. The van der Waals surface area contributed by atoms with Gasteiger partial charge >= 0.3 is 0 Å². The molecule has 1 rings (SSSR count). The van der Waals surface area contributed by atoms with Crippen molar-refractivity contribution in [2.45, 2.75) is 187 Å². The van der Waals surface area contributed by atoms with Gasteiger partial charge in [0.15, 0.2) is 0 Å². The van der Waals surface area contributed by atoms with Crippen LogP contribution in [0.2, 0.25) is 0 Å². The monoisotopic (exact) mass is 461 g/mol. The van der Waals surface area contributed by atoms with Gasteiger partial charge in [0.25, 0.3) is 0 Å². The number of unbranched alkanes of at least 4 members (excludes halogenated alkanes) is 22. The Kier molecular flexibility index (Phi) is 23.1. The van der Waals surface area contributed by atoms with E-state index in [1.165, 1.54) is 179 Å². The van der Waals surface area contributed by atoms with Gasteiger partial charge in [0.1, 0.15) is 0 Å². The van der Waals surface area contributed by atoms with Crippen LogP contribution in [0.3, 0.4) is 0 Å². The van der Waals surface area contributed by atoms with Gasteiger partial charge < -0.3 is 0 Å². The summed E-state index contributed by atoms with van der Waals surface area (Å²) in [5, 5.41) is 0. The maximum absolute atomic E-state index is 4.48. The fraction of sp³-hybridized carbons (Fsp3) is 0.969. The first kappa shape index (κ1) is 30.7. The van der Waals surface area contributed by atoms with Crippen molar-refractivity contribution in [2.24, 2.45) is 10.9 Å². The van der Waals surface area contributed by atoms with E-state index in [1.807, 2.05) is 0 Å². The molecule has 0 aromatic heterocycles. The Labute approximate surface area is 210 Å². The predicted molar refractivity (Wildman–Crippen MR) is 152 cm³/mol. The van der Waals surface area contributed by atoms with Crippen molar-refractivity contribution in [3.05, 3.63) is 0 Å². The summed E-state index contributed by atoms with van der Waals surface area (Å²) in [4.78, 5) is 4.48. The normalized spacial score (nSPS) is 13.1. The van der Waals surface area contributed by atoms with Gasteiger partial charge in [-0.2, -0.15) is 0 Å². The molecule has 1 heteroatoms. The zero-order valence-electron chi connectivity index (χ0n) is 23.3. The van der Waals surface area contributed by atoms with Crippen LogP contribution >= 0.6 is 0 Å². The van der Waals surface area contributed by atoms with Crippen LogP contribution in [-0.2, 0) is 0 Å². The number of nitrogens with zero attached hydrogens (tertiary/aromatic N) is 1. The summed E-state index contributed by atoms with van der Waals surface area (Å²) in [6.45, 7) is 5.71. The molecule has 1 aliphatic rings. The van der Waals surface area contributed by atoms with E-state index in [9.17, 15) is 0 Å². The Balaban J connectivity index is 1.87. The van der Waals surface area contributed by atoms with Gasteiger partial charge in [0.05, 0.1) is 6.54 Å². The van der Waals surface area contributed by atoms with Crippen molar-refractivity contribution < 1.29 is 0 Å². The van der Waals surface area contributed by atoms with Gasteiger partial charge in [-0.3, -0.25) is 4.99 Å². The lowest BCUT2D eigenvalue weighted by Gasteiger charge is -2.15. The van der Waals surface area contributed by atoms with Crippen molar-refractivity contribution in [2.75, 3.05) is 6.54 Å². The van der Waals surface area contributed by atoms with Gasteiger partial charge in [-0.1, -0.05) is 181 Å². The van der Waals surface area contributed by atoms with Crippen LogP contribution in [0.25, 0.3) is 0 Å². The smallest absolute Gasteiger partial charge is 0.0768 e. The molecule has 0 radical (unpaired) electrons. The second kappa shape index (κ2) is 24.8. The van der Waals surface area contributed by atoms with Crippen LogP contribution < -0.4 is 0 Å². The fourth-order valence-corrected chi connectivity index (χ4v) is 5.41. The van der Waals surface area contributed by atoms with Crippen LogP contribution in [0.15, 0.2) is 4.99 Å². The third-order valence-corrected chi connectivity index (χ3v) is 7.84. The lowest BCUT2D eigenvalue weighted by Crippen LogP contribution is -2.04. The quantitative estimate of drug-likeness (QED) is 0.103. The Morgan fingerprint density at radius 2 is 0.727 bits per heavy atom. The molecule has 196 valence electrons. The molecule has 0 aliphatic carbocycles. The maximum Gasteiger partial charge on any atom is 0.0768 e. The van der Waals surface area contributed by atoms with Crippen molar-refractivity contribution >= 4 is 5.71 Å². The molecule has 0 saturated carbocycles. The molecule has 1 aliphatic heterocycles. The van der Waals surface area contributed by atoms with E-state index in [2.05, 4.69) is 18.8 Å². The van der Waals surface area contributed by atoms with Gasteiger partial charge in [-0.25, -0.2) is 0 Å². The van der Waals surface area contributed by atoms with Gasteiger partial charge in [0, 0.05) is 5.71 Å². The Morgan fingerprint density at radius 3 is 1.00 bits per heavy atom. The molecular formula is C32H63N. The minimum atomic E-state index is 0.942. The van der Waals surface area contributed by atoms with Gasteiger partial charge in [0.2, 0.25) is 0 Å². The molecule has 1 heterocycles. The van der Waals surface area contributed by atoms with Gasteiger partial charge in [-0.05, 0) is 12.3 Å². The summed E-state index contributed by atoms with van der Waals surface area (Å²) in [5.74, 6) is 0.942. The van der Waals surface area contributed by atoms with E-state index in [1.54, 1.807) is 0 Å². The summed E-state index contributed by atoms with van der Waals surface area (Å²) in [6.07, 6.45) is 39.3. The molecule has 0 fully saturated rings. The number of hydrogen-bond donors (Lipinski definition) is 0. The number of rotatable bonds is 28. The minimum absolute atomic E-state index is 0.942. The topological polar surface area (TPSA) is 12.4 Å². The van der Waals surface area contributed by atoms with Crippen LogP contribution in [0.5, 0.6) is 0 Å². The molecule has 0 spiro atoms. The number of hydrogen-bond acceptors (Lipinski definition) is 1. The summed E-state index contributed by atoms with van der Waals surface area (Å²) in [7, 11) is 0.